The van der Waals surface area contributed by atoms with E-state index in [4.69, 9.17) is 9.84 Å². The molecule has 0 aromatic heterocycles. The summed E-state index contributed by atoms with van der Waals surface area (Å²) in [7, 11) is 0. The maximum Gasteiger partial charge on any atom is 0.408 e. The van der Waals surface area contributed by atoms with Gasteiger partial charge in [0.05, 0.1) is 5.92 Å². The molecule has 1 rings (SSSR count). The Hall–Kier alpha value is -1.70. The Kier molecular flexibility index (Phi) is 7.07. The van der Waals surface area contributed by atoms with Gasteiger partial charge in [0.1, 0.15) is 12.6 Å². The maximum atomic E-state index is 12.3. The summed E-state index contributed by atoms with van der Waals surface area (Å²) in [6.07, 6.45) is 3.01. The summed E-state index contributed by atoms with van der Waals surface area (Å²) in [5.41, 5.74) is 0. The Balaban J connectivity index is 2.59. The van der Waals surface area contributed by atoms with Crippen LogP contribution >= 0.6 is 11.8 Å². The van der Waals surface area contributed by atoms with E-state index in [9.17, 15) is 14.4 Å². The van der Waals surface area contributed by atoms with E-state index in [0.717, 1.165) is 0 Å². The smallest absolute Gasteiger partial charge is 0.408 e. The summed E-state index contributed by atoms with van der Waals surface area (Å²) in [6, 6.07) is -0.718. The molecule has 0 bridgehead atoms. The summed E-state index contributed by atoms with van der Waals surface area (Å²) >= 11 is 1.42. The standard InChI is InChI=1S/C13H20N2O5S/c1-3-6-20-13(19)14-10(8-21-2)11(16)15-5-4-9(7-15)12(17)18/h3,9-10H,1,4-8H2,2H3,(H,14,19)(H,17,18). The van der Waals surface area contributed by atoms with Crippen LogP contribution < -0.4 is 5.32 Å². The molecular weight excluding hydrogens is 296 g/mol. The molecule has 0 aliphatic carbocycles. The quantitative estimate of drug-likeness (QED) is 0.666. The van der Waals surface area contributed by atoms with E-state index in [1.54, 1.807) is 0 Å². The van der Waals surface area contributed by atoms with Crippen molar-refractivity contribution in [3.05, 3.63) is 12.7 Å². The van der Waals surface area contributed by atoms with Crippen molar-refractivity contribution < 1.29 is 24.2 Å². The lowest BCUT2D eigenvalue weighted by atomic mass is 10.1. The number of alkyl carbamates (subject to hydrolysis) is 1. The Labute approximate surface area is 127 Å². The third-order valence-corrected chi connectivity index (χ3v) is 3.77. The molecule has 1 saturated heterocycles. The van der Waals surface area contributed by atoms with Gasteiger partial charge in [-0.2, -0.15) is 11.8 Å². The van der Waals surface area contributed by atoms with Gasteiger partial charge in [-0.25, -0.2) is 4.79 Å². The highest BCUT2D eigenvalue weighted by atomic mass is 32.2. The lowest BCUT2D eigenvalue weighted by molar-refractivity contribution is -0.141. The zero-order valence-electron chi connectivity index (χ0n) is 11.9. The second kappa shape index (κ2) is 8.56. The number of carboxylic acids is 1. The molecular formula is C13H20N2O5S. The molecule has 7 nitrogen and oxygen atoms in total. The number of carboxylic acid groups (broad SMARTS) is 1. The first kappa shape index (κ1) is 17.4. The molecule has 0 radical (unpaired) electrons. The third-order valence-electron chi connectivity index (χ3n) is 3.10. The number of rotatable bonds is 7. The van der Waals surface area contributed by atoms with Gasteiger partial charge >= 0.3 is 12.1 Å². The van der Waals surface area contributed by atoms with Crippen LogP contribution in [0.1, 0.15) is 6.42 Å². The Morgan fingerprint density at radius 1 is 1.57 bits per heavy atom. The molecule has 1 aliphatic heterocycles. The number of hydrogen-bond donors (Lipinski definition) is 2. The van der Waals surface area contributed by atoms with Crippen LogP contribution in [0.3, 0.4) is 0 Å². The van der Waals surface area contributed by atoms with Crippen molar-refractivity contribution in [2.24, 2.45) is 5.92 Å². The fourth-order valence-corrected chi connectivity index (χ4v) is 2.60. The number of carbonyl (C=O) groups is 3. The summed E-state index contributed by atoms with van der Waals surface area (Å²) in [5.74, 6) is -1.30. The van der Waals surface area contributed by atoms with Crippen LogP contribution in [0.4, 0.5) is 4.79 Å². The molecule has 2 atom stereocenters. The molecule has 0 saturated carbocycles. The van der Waals surface area contributed by atoms with Crippen molar-refractivity contribution in [3.63, 3.8) is 0 Å². The topological polar surface area (TPSA) is 95.9 Å². The molecule has 1 heterocycles. The molecule has 1 aliphatic rings. The first-order chi connectivity index (χ1) is 9.99. The Morgan fingerprint density at radius 2 is 2.29 bits per heavy atom. The molecule has 0 aromatic carbocycles. The highest BCUT2D eigenvalue weighted by Crippen LogP contribution is 2.18. The minimum atomic E-state index is -0.898. The van der Waals surface area contributed by atoms with E-state index in [0.29, 0.717) is 18.7 Å². The van der Waals surface area contributed by atoms with Crippen LogP contribution in [0.25, 0.3) is 0 Å². The van der Waals surface area contributed by atoms with Gasteiger partial charge in [0, 0.05) is 18.8 Å². The van der Waals surface area contributed by atoms with Gasteiger partial charge in [-0.1, -0.05) is 12.7 Å². The van der Waals surface area contributed by atoms with Crippen molar-refractivity contribution >= 4 is 29.7 Å². The minimum absolute atomic E-state index is 0.0663. The molecule has 21 heavy (non-hydrogen) atoms. The van der Waals surface area contributed by atoms with Crippen molar-refractivity contribution in [1.82, 2.24) is 10.2 Å². The SMILES string of the molecule is C=CCOC(=O)NC(CSC)C(=O)N1CCC(C(=O)O)C1. The van der Waals surface area contributed by atoms with E-state index in [-0.39, 0.29) is 19.1 Å². The number of nitrogens with one attached hydrogen (secondary N) is 1. The van der Waals surface area contributed by atoms with Gasteiger partial charge in [-0.05, 0) is 12.7 Å². The third kappa shape index (κ3) is 5.30. The van der Waals surface area contributed by atoms with Crippen LogP contribution in [-0.2, 0) is 14.3 Å². The van der Waals surface area contributed by atoms with Crippen LogP contribution in [0.5, 0.6) is 0 Å². The zero-order chi connectivity index (χ0) is 15.8. The van der Waals surface area contributed by atoms with Gasteiger partial charge in [0.15, 0.2) is 0 Å². The number of carbonyl (C=O) groups excluding carboxylic acids is 2. The number of thioether (sulfide) groups is 1. The summed E-state index contributed by atoms with van der Waals surface area (Å²) in [5, 5.41) is 11.5. The molecule has 1 fully saturated rings. The molecule has 2 N–H and O–H groups in total. The van der Waals surface area contributed by atoms with Gasteiger partial charge in [0.2, 0.25) is 5.91 Å². The molecule has 8 heteroatoms. The van der Waals surface area contributed by atoms with E-state index in [1.807, 2.05) is 6.26 Å². The summed E-state index contributed by atoms with van der Waals surface area (Å²) < 4.78 is 4.80. The van der Waals surface area contributed by atoms with Crippen LogP contribution in [-0.4, -0.2) is 65.7 Å². The number of amides is 2. The Morgan fingerprint density at radius 3 is 2.81 bits per heavy atom. The average molecular weight is 316 g/mol. The van der Waals surface area contributed by atoms with Gasteiger partial charge in [-0.15, -0.1) is 0 Å². The van der Waals surface area contributed by atoms with Crippen molar-refractivity contribution in [2.45, 2.75) is 12.5 Å². The van der Waals surface area contributed by atoms with E-state index in [1.165, 1.54) is 22.7 Å². The molecule has 118 valence electrons. The van der Waals surface area contributed by atoms with E-state index >= 15 is 0 Å². The van der Waals surface area contributed by atoms with Crippen molar-refractivity contribution in [2.75, 3.05) is 31.7 Å². The second-order valence-corrected chi connectivity index (χ2v) is 5.56. The first-order valence-corrected chi connectivity index (χ1v) is 7.93. The normalized spacial score (nSPS) is 18.9. The van der Waals surface area contributed by atoms with Gasteiger partial charge in [0.25, 0.3) is 0 Å². The lowest BCUT2D eigenvalue weighted by Gasteiger charge is -2.23. The molecule has 0 spiro atoms. The zero-order valence-corrected chi connectivity index (χ0v) is 12.7. The number of hydrogen-bond acceptors (Lipinski definition) is 5. The van der Waals surface area contributed by atoms with Crippen molar-refractivity contribution in [3.8, 4) is 0 Å². The molecule has 0 aromatic rings. The second-order valence-electron chi connectivity index (χ2n) is 4.65. The number of nitrogens with zero attached hydrogens (tertiary/aromatic N) is 1. The molecule has 2 unspecified atom stereocenters. The number of ether oxygens (including phenoxy) is 1. The first-order valence-electron chi connectivity index (χ1n) is 6.54. The van der Waals surface area contributed by atoms with Gasteiger partial charge < -0.3 is 20.1 Å². The van der Waals surface area contributed by atoms with Crippen LogP contribution in [0.2, 0.25) is 0 Å². The van der Waals surface area contributed by atoms with Crippen molar-refractivity contribution in [1.29, 1.82) is 0 Å². The highest BCUT2D eigenvalue weighted by Gasteiger charge is 2.34. The van der Waals surface area contributed by atoms with E-state index in [2.05, 4.69) is 11.9 Å². The van der Waals surface area contributed by atoms with Crippen LogP contribution in [0, 0.1) is 5.92 Å². The Bertz CT molecular complexity index is 415. The highest BCUT2D eigenvalue weighted by molar-refractivity contribution is 7.98. The fourth-order valence-electron chi connectivity index (χ4n) is 2.04. The summed E-state index contributed by atoms with van der Waals surface area (Å²) in [6.45, 7) is 4.07. The van der Waals surface area contributed by atoms with E-state index < -0.39 is 24.0 Å². The predicted octanol–water partition coefficient (Wildman–Crippen LogP) is 0.563. The number of likely N-dealkylation sites (tertiary alicyclic amines) is 1. The fraction of sp³-hybridized carbons (Fsp3) is 0.615. The maximum absolute atomic E-state index is 12.3. The predicted molar refractivity (Wildman–Crippen MR) is 79.2 cm³/mol. The molecule has 2 amide bonds. The largest absolute Gasteiger partial charge is 0.481 e. The van der Waals surface area contributed by atoms with Crippen LogP contribution in [0.15, 0.2) is 12.7 Å². The average Bonchev–Trinajstić information content (AvgIpc) is 2.93. The monoisotopic (exact) mass is 316 g/mol. The number of aliphatic carboxylic acids is 1. The summed E-state index contributed by atoms with van der Waals surface area (Å²) in [4.78, 5) is 36.3. The minimum Gasteiger partial charge on any atom is -0.481 e. The van der Waals surface area contributed by atoms with Gasteiger partial charge in [-0.3, -0.25) is 9.59 Å². The lowest BCUT2D eigenvalue weighted by Crippen LogP contribution is -2.49.